The number of nitrogens with one attached hydrogen (secondary N) is 2. The molecule has 3 aromatic carbocycles. The van der Waals surface area contributed by atoms with Gasteiger partial charge in [-0.05, 0) is 67.4 Å². The van der Waals surface area contributed by atoms with Gasteiger partial charge < -0.3 is 5.32 Å². The number of sulfonamides is 1. The monoisotopic (exact) mass is 426 g/mol. The molecule has 0 saturated carbocycles. The van der Waals surface area contributed by atoms with Gasteiger partial charge in [0.25, 0.3) is 10.0 Å². The summed E-state index contributed by atoms with van der Waals surface area (Å²) in [6.45, 7) is 3.94. The molecule has 0 aromatic heterocycles. The topological polar surface area (TPSA) is 75.3 Å². The summed E-state index contributed by atoms with van der Waals surface area (Å²) in [6.07, 6.45) is 0. The summed E-state index contributed by atoms with van der Waals surface area (Å²) in [6, 6.07) is 21.1. The van der Waals surface area contributed by atoms with Gasteiger partial charge in [0.05, 0.1) is 10.6 Å². The second kappa shape index (κ2) is 9.15. The number of hydrogen-bond donors (Lipinski definition) is 2. The molecule has 150 valence electrons. The maximum absolute atomic E-state index is 12.4. The van der Waals surface area contributed by atoms with Crippen LogP contribution in [0.25, 0.3) is 0 Å². The molecule has 0 atom stereocenters. The van der Waals surface area contributed by atoms with Crippen LogP contribution in [0.15, 0.2) is 82.6 Å². The molecular weight excluding hydrogens is 404 g/mol. The number of carbonyl (C=O) groups excluding carboxylic acids is 1. The summed E-state index contributed by atoms with van der Waals surface area (Å²) in [7, 11) is -3.62. The minimum absolute atomic E-state index is 0.0856. The molecule has 3 aromatic rings. The van der Waals surface area contributed by atoms with E-state index in [1.807, 2.05) is 32.0 Å². The van der Waals surface area contributed by atoms with Crippen molar-refractivity contribution in [1.82, 2.24) is 0 Å². The van der Waals surface area contributed by atoms with E-state index >= 15 is 0 Å². The van der Waals surface area contributed by atoms with Crippen LogP contribution in [0.2, 0.25) is 0 Å². The first kappa shape index (κ1) is 21.0. The Kier molecular flexibility index (Phi) is 6.61. The molecule has 0 heterocycles. The average Bonchev–Trinajstić information content (AvgIpc) is 2.71. The Bertz CT molecular complexity index is 1100. The molecule has 3 rings (SSSR count). The van der Waals surface area contributed by atoms with Crippen LogP contribution in [0.1, 0.15) is 11.1 Å². The van der Waals surface area contributed by atoms with Crippen molar-refractivity contribution in [3.05, 3.63) is 83.9 Å². The number of rotatable bonds is 7. The predicted molar refractivity (Wildman–Crippen MR) is 119 cm³/mol. The molecule has 0 spiro atoms. The van der Waals surface area contributed by atoms with Gasteiger partial charge in [-0.25, -0.2) is 8.42 Å². The minimum atomic E-state index is -3.62. The molecule has 0 fully saturated rings. The molecule has 5 nitrogen and oxygen atoms in total. The first-order chi connectivity index (χ1) is 13.8. The van der Waals surface area contributed by atoms with Gasteiger partial charge in [0.15, 0.2) is 0 Å². The van der Waals surface area contributed by atoms with Gasteiger partial charge in [0.1, 0.15) is 0 Å². The highest BCUT2D eigenvalue weighted by atomic mass is 32.2. The molecule has 7 heteroatoms. The van der Waals surface area contributed by atoms with Crippen LogP contribution >= 0.6 is 11.8 Å². The van der Waals surface area contributed by atoms with Gasteiger partial charge in [0.2, 0.25) is 5.91 Å². The lowest BCUT2D eigenvalue weighted by Crippen LogP contribution is -2.15. The minimum Gasteiger partial charge on any atom is -0.325 e. The highest BCUT2D eigenvalue weighted by Gasteiger charge is 2.13. The number of thioether (sulfide) groups is 1. The maximum atomic E-state index is 12.4. The van der Waals surface area contributed by atoms with Gasteiger partial charge in [-0.15, -0.1) is 11.8 Å². The zero-order valence-corrected chi connectivity index (χ0v) is 17.8. The fourth-order valence-corrected chi connectivity index (χ4v) is 4.42. The standard InChI is InChI=1S/C22H22N2O3S2/c1-16-8-9-17(2)21(14-16)23-22(25)15-28-19-12-10-18(11-13-19)24-29(26,27)20-6-4-3-5-7-20/h3-14,24H,15H2,1-2H3,(H,23,25). The molecule has 0 radical (unpaired) electrons. The van der Waals surface area contributed by atoms with Crippen LogP contribution in [0.5, 0.6) is 0 Å². The molecule has 0 unspecified atom stereocenters. The van der Waals surface area contributed by atoms with Crippen molar-refractivity contribution < 1.29 is 13.2 Å². The molecule has 0 bridgehead atoms. The second-order valence-electron chi connectivity index (χ2n) is 6.60. The molecule has 0 aliphatic rings. The Morgan fingerprint density at radius 2 is 1.62 bits per heavy atom. The van der Waals surface area contributed by atoms with Gasteiger partial charge in [-0.1, -0.05) is 30.3 Å². The Morgan fingerprint density at radius 3 is 2.31 bits per heavy atom. The van der Waals surface area contributed by atoms with Crippen LogP contribution in [0.4, 0.5) is 11.4 Å². The molecule has 1 amide bonds. The Balaban J connectivity index is 1.57. The molecule has 2 N–H and O–H groups in total. The molecular formula is C22H22N2O3S2. The van der Waals surface area contributed by atoms with E-state index in [1.54, 1.807) is 54.6 Å². The first-order valence-electron chi connectivity index (χ1n) is 9.01. The number of amides is 1. The highest BCUT2D eigenvalue weighted by Crippen LogP contribution is 2.23. The van der Waals surface area contributed by atoms with E-state index in [2.05, 4.69) is 10.0 Å². The second-order valence-corrected chi connectivity index (χ2v) is 9.33. The van der Waals surface area contributed by atoms with Gasteiger partial charge in [-0.3, -0.25) is 9.52 Å². The van der Waals surface area contributed by atoms with Crippen LogP contribution in [0.3, 0.4) is 0 Å². The maximum Gasteiger partial charge on any atom is 0.261 e. The molecule has 29 heavy (non-hydrogen) atoms. The molecule has 0 aliphatic carbocycles. The van der Waals surface area contributed by atoms with E-state index in [0.29, 0.717) is 5.69 Å². The van der Waals surface area contributed by atoms with E-state index in [4.69, 9.17) is 0 Å². The van der Waals surface area contributed by atoms with Crippen molar-refractivity contribution in [1.29, 1.82) is 0 Å². The van der Waals surface area contributed by atoms with Crippen molar-refractivity contribution >= 4 is 39.1 Å². The summed E-state index contributed by atoms with van der Waals surface area (Å²) in [5.74, 6) is 0.181. The van der Waals surface area contributed by atoms with Crippen LogP contribution in [0, 0.1) is 13.8 Å². The van der Waals surface area contributed by atoms with Crippen molar-refractivity contribution in [3.8, 4) is 0 Å². The van der Waals surface area contributed by atoms with Crippen LogP contribution < -0.4 is 10.0 Å². The predicted octanol–water partition coefficient (Wildman–Crippen LogP) is 4.84. The average molecular weight is 427 g/mol. The summed E-state index contributed by atoms with van der Waals surface area (Å²) in [4.78, 5) is 13.3. The fourth-order valence-electron chi connectivity index (χ4n) is 2.64. The highest BCUT2D eigenvalue weighted by molar-refractivity contribution is 8.00. The van der Waals surface area contributed by atoms with E-state index in [9.17, 15) is 13.2 Å². The number of hydrogen-bond acceptors (Lipinski definition) is 4. The van der Waals surface area contributed by atoms with Gasteiger partial charge in [-0.2, -0.15) is 0 Å². The smallest absolute Gasteiger partial charge is 0.261 e. The van der Waals surface area contributed by atoms with E-state index in [1.165, 1.54) is 11.8 Å². The number of aryl methyl sites for hydroxylation is 2. The third-order valence-electron chi connectivity index (χ3n) is 4.20. The van der Waals surface area contributed by atoms with Crippen molar-refractivity contribution in [3.63, 3.8) is 0 Å². The Morgan fingerprint density at radius 1 is 0.931 bits per heavy atom. The van der Waals surface area contributed by atoms with Gasteiger partial charge in [0, 0.05) is 16.3 Å². The lowest BCUT2D eigenvalue weighted by molar-refractivity contribution is -0.113. The quantitative estimate of drug-likeness (QED) is 0.531. The zero-order chi connectivity index (χ0) is 20.9. The SMILES string of the molecule is Cc1ccc(C)c(NC(=O)CSc2ccc(NS(=O)(=O)c3ccccc3)cc2)c1. The van der Waals surface area contributed by atoms with Gasteiger partial charge >= 0.3 is 0 Å². The fraction of sp³-hybridized carbons (Fsp3) is 0.136. The van der Waals surface area contributed by atoms with Crippen LogP contribution in [-0.2, 0) is 14.8 Å². The lowest BCUT2D eigenvalue weighted by atomic mass is 10.1. The summed E-state index contributed by atoms with van der Waals surface area (Å²) >= 11 is 1.39. The third-order valence-corrected chi connectivity index (χ3v) is 6.61. The van der Waals surface area contributed by atoms with E-state index in [0.717, 1.165) is 21.7 Å². The number of carbonyl (C=O) groups is 1. The van der Waals surface area contributed by atoms with E-state index < -0.39 is 10.0 Å². The van der Waals surface area contributed by atoms with Crippen LogP contribution in [-0.4, -0.2) is 20.1 Å². The number of anilines is 2. The number of benzene rings is 3. The lowest BCUT2D eigenvalue weighted by Gasteiger charge is -2.10. The molecule has 0 saturated heterocycles. The van der Waals surface area contributed by atoms with E-state index in [-0.39, 0.29) is 16.6 Å². The Hall–Kier alpha value is -2.77. The van der Waals surface area contributed by atoms with Crippen molar-refractivity contribution in [2.45, 2.75) is 23.6 Å². The van der Waals surface area contributed by atoms with Crippen molar-refractivity contribution in [2.24, 2.45) is 0 Å². The largest absolute Gasteiger partial charge is 0.325 e. The third kappa shape index (κ3) is 5.85. The summed E-state index contributed by atoms with van der Waals surface area (Å²) in [5.41, 5.74) is 3.40. The first-order valence-corrected chi connectivity index (χ1v) is 11.5. The molecule has 0 aliphatic heterocycles. The van der Waals surface area contributed by atoms with Crippen molar-refractivity contribution in [2.75, 3.05) is 15.8 Å². The summed E-state index contributed by atoms with van der Waals surface area (Å²) < 4.78 is 27.3. The normalized spacial score (nSPS) is 11.1. The Labute approximate surface area is 175 Å². The summed E-state index contributed by atoms with van der Waals surface area (Å²) in [5, 5.41) is 2.93. The zero-order valence-electron chi connectivity index (χ0n) is 16.2.